The number of fused-ring (bicyclic) bond motifs is 1. The zero-order valence-electron chi connectivity index (χ0n) is 23.2. The molecule has 5 aromatic rings. The minimum Gasteiger partial charge on any atom is -0.374 e. The number of aromatic nitrogens is 3. The van der Waals surface area contributed by atoms with Crippen molar-refractivity contribution in [3.63, 3.8) is 0 Å². The molecule has 3 heterocycles. The van der Waals surface area contributed by atoms with Crippen molar-refractivity contribution in [2.45, 2.75) is 49.5 Å². The van der Waals surface area contributed by atoms with E-state index in [9.17, 15) is 0 Å². The van der Waals surface area contributed by atoms with Crippen molar-refractivity contribution >= 4 is 34.4 Å². The van der Waals surface area contributed by atoms with Gasteiger partial charge in [0.05, 0.1) is 31.8 Å². The van der Waals surface area contributed by atoms with Crippen molar-refractivity contribution < 1.29 is 18.9 Å². The number of hydrogen-bond donors (Lipinski definition) is 0. The Kier molecular flexibility index (Phi) is 9.50. The van der Waals surface area contributed by atoms with Crippen molar-refractivity contribution in [3.8, 4) is 0 Å². The Labute approximate surface area is 254 Å². The summed E-state index contributed by atoms with van der Waals surface area (Å²) in [5.74, 6) is 0. The summed E-state index contributed by atoms with van der Waals surface area (Å²) in [5.41, 5.74) is 3.92. The minimum atomic E-state index is -0.530. The number of rotatable bonds is 12. The van der Waals surface area contributed by atoms with Crippen LogP contribution in [0, 0.1) is 0 Å². The molecule has 0 saturated carbocycles. The topological polar surface area (TPSA) is 67.6 Å². The molecule has 0 unspecified atom stereocenters. The lowest BCUT2D eigenvalue weighted by Crippen LogP contribution is -2.38. The molecule has 1 aliphatic rings. The van der Waals surface area contributed by atoms with Gasteiger partial charge >= 0.3 is 0 Å². The standard InChI is InChI=1S/C33H32ClN3O4S/c1-42-33-35-30(34)26-17-18-37(31(26)36-33)32-29(40-21-25-15-9-4-10-16-25)28(39-20-24-13-7-3-8-14-24)27(41-32)22-38-19-23-11-5-2-6-12-23/h2-18,27-29,32H,19-22H2,1H3/t27-,28-,29+,32+/m1/s1. The van der Waals surface area contributed by atoms with Gasteiger partial charge in [-0.1, -0.05) is 114 Å². The molecule has 2 aromatic heterocycles. The molecule has 1 saturated heterocycles. The highest BCUT2D eigenvalue weighted by Gasteiger charge is 2.48. The second-order valence-corrected chi connectivity index (χ2v) is 11.2. The highest BCUT2D eigenvalue weighted by atomic mass is 35.5. The van der Waals surface area contributed by atoms with Gasteiger partial charge in [0.15, 0.2) is 11.4 Å². The lowest BCUT2D eigenvalue weighted by molar-refractivity contribution is -0.0913. The Balaban J connectivity index is 1.32. The third-order valence-electron chi connectivity index (χ3n) is 7.21. The molecule has 0 radical (unpaired) electrons. The molecule has 0 aliphatic carbocycles. The van der Waals surface area contributed by atoms with Crippen LogP contribution in [0.25, 0.3) is 11.0 Å². The van der Waals surface area contributed by atoms with Crippen molar-refractivity contribution in [2.75, 3.05) is 12.9 Å². The number of thioether (sulfide) groups is 1. The average Bonchev–Trinajstić information content (AvgIpc) is 3.61. The Morgan fingerprint density at radius 3 is 1.93 bits per heavy atom. The smallest absolute Gasteiger partial charge is 0.190 e. The van der Waals surface area contributed by atoms with Gasteiger partial charge in [0.1, 0.15) is 29.1 Å². The summed E-state index contributed by atoms with van der Waals surface area (Å²) in [4.78, 5) is 9.18. The molecule has 0 amide bonds. The van der Waals surface area contributed by atoms with Gasteiger partial charge in [0.25, 0.3) is 0 Å². The maximum atomic E-state index is 6.75. The number of benzene rings is 3. The molecular formula is C33H32ClN3O4S. The molecule has 9 heteroatoms. The molecule has 42 heavy (non-hydrogen) atoms. The molecule has 3 aromatic carbocycles. The largest absolute Gasteiger partial charge is 0.374 e. The molecule has 6 rings (SSSR count). The molecular weight excluding hydrogens is 570 g/mol. The lowest BCUT2D eigenvalue weighted by atomic mass is 10.1. The minimum absolute atomic E-state index is 0.334. The fraction of sp³-hybridized carbons (Fsp3) is 0.273. The van der Waals surface area contributed by atoms with Crippen LogP contribution in [-0.2, 0) is 38.8 Å². The van der Waals surface area contributed by atoms with E-state index < -0.39 is 24.5 Å². The number of halogens is 1. The zero-order valence-corrected chi connectivity index (χ0v) is 24.8. The Bertz CT molecular complexity index is 1570. The third-order valence-corrected chi connectivity index (χ3v) is 8.05. The van der Waals surface area contributed by atoms with E-state index in [0.29, 0.717) is 42.4 Å². The molecule has 0 spiro atoms. The fourth-order valence-electron chi connectivity index (χ4n) is 5.12. The first kappa shape index (κ1) is 28.9. The van der Waals surface area contributed by atoms with E-state index in [4.69, 9.17) is 35.5 Å². The predicted octanol–water partition coefficient (Wildman–Crippen LogP) is 7.09. The van der Waals surface area contributed by atoms with E-state index >= 15 is 0 Å². The van der Waals surface area contributed by atoms with Gasteiger partial charge in [-0.15, -0.1) is 0 Å². The maximum Gasteiger partial charge on any atom is 0.190 e. The van der Waals surface area contributed by atoms with E-state index in [2.05, 4.69) is 17.1 Å². The van der Waals surface area contributed by atoms with Crippen molar-refractivity contribution in [2.24, 2.45) is 0 Å². The molecule has 0 N–H and O–H groups in total. The normalized spacial score (nSPS) is 20.3. The molecule has 0 bridgehead atoms. The second kappa shape index (κ2) is 13.8. The van der Waals surface area contributed by atoms with Gasteiger partial charge in [0, 0.05) is 6.20 Å². The Morgan fingerprint density at radius 2 is 1.33 bits per heavy atom. The second-order valence-electron chi connectivity index (χ2n) is 10.0. The lowest BCUT2D eigenvalue weighted by Gasteiger charge is -2.26. The summed E-state index contributed by atoms with van der Waals surface area (Å²) in [5, 5.41) is 1.75. The van der Waals surface area contributed by atoms with E-state index in [-0.39, 0.29) is 0 Å². The van der Waals surface area contributed by atoms with Crippen LogP contribution in [0.5, 0.6) is 0 Å². The number of nitrogens with zero attached hydrogens (tertiary/aromatic N) is 3. The van der Waals surface area contributed by atoms with E-state index in [1.165, 1.54) is 11.8 Å². The first-order chi connectivity index (χ1) is 20.7. The summed E-state index contributed by atoms with van der Waals surface area (Å²) in [6, 6.07) is 32.2. The van der Waals surface area contributed by atoms with Gasteiger partial charge in [-0.25, -0.2) is 9.97 Å². The molecule has 216 valence electrons. The maximum absolute atomic E-state index is 6.75. The van der Waals surface area contributed by atoms with Crippen molar-refractivity contribution in [1.29, 1.82) is 0 Å². The highest BCUT2D eigenvalue weighted by Crippen LogP contribution is 2.38. The van der Waals surface area contributed by atoms with Crippen LogP contribution in [0.2, 0.25) is 5.15 Å². The first-order valence-corrected chi connectivity index (χ1v) is 15.5. The molecule has 7 nitrogen and oxygen atoms in total. The Hall–Kier alpha value is -3.24. The van der Waals surface area contributed by atoms with Gasteiger partial charge in [-0.2, -0.15) is 0 Å². The quantitative estimate of drug-likeness (QED) is 0.0859. The summed E-state index contributed by atoms with van der Waals surface area (Å²) in [6.07, 6.45) is 2.07. The van der Waals surface area contributed by atoms with Gasteiger partial charge < -0.3 is 23.5 Å². The van der Waals surface area contributed by atoms with Gasteiger partial charge in [0.2, 0.25) is 0 Å². The highest BCUT2D eigenvalue weighted by molar-refractivity contribution is 7.98. The van der Waals surface area contributed by atoms with Crippen LogP contribution < -0.4 is 0 Å². The van der Waals surface area contributed by atoms with Crippen LogP contribution >= 0.6 is 23.4 Å². The van der Waals surface area contributed by atoms with Crippen LogP contribution in [0.15, 0.2) is 108 Å². The first-order valence-electron chi connectivity index (χ1n) is 13.9. The summed E-state index contributed by atoms with van der Waals surface area (Å²) in [6.45, 7) is 1.62. The van der Waals surface area contributed by atoms with Gasteiger partial charge in [-0.05, 0) is 29.0 Å². The van der Waals surface area contributed by atoms with E-state index in [1.807, 2.05) is 102 Å². The molecule has 1 fully saturated rings. The van der Waals surface area contributed by atoms with Crippen LogP contribution in [-0.4, -0.2) is 45.7 Å². The van der Waals surface area contributed by atoms with Crippen LogP contribution in [0.4, 0.5) is 0 Å². The van der Waals surface area contributed by atoms with Crippen molar-refractivity contribution in [1.82, 2.24) is 14.5 Å². The van der Waals surface area contributed by atoms with Crippen LogP contribution in [0.1, 0.15) is 22.9 Å². The molecule has 1 aliphatic heterocycles. The van der Waals surface area contributed by atoms with Gasteiger partial charge in [-0.3, -0.25) is 0 Å². The number of ether oxygens (including phenoxy) is 4. The average molecular weight is 602 g/mol. The Morgan fingerprint density at radius 1 is 0.762 bits per heavy atom. The monoisotopic (exact) mass is 601 g/mol. The SMILES string of the molecule is CSc1nc(Cl)c2ccn([C@H]3O[C@H](COCc4ccccc4)[C@@H](OCc4ccccc4)[C@@H]3OCc3ccccc3)c2n1. The predicted molar refractivity (Wildman–Crippen MR) is 164 cm³/mol. The van der Waals surface area contributed by atoms with Crippen molar-refractivity contribution in [3.05, 3.63) is 125 Å². The van der Waals surface area contributed by atoms with Crippen LogP contribution in [0.3, 0.4) is 0 Å². The molecule has 4 atom stereocenters. The summed E-state index contributed by atoms with van der Waals surface area (Å²) >= 11 is 7.99. The third kappa shape index (κ3) is 6.70. The summed E-state index contributed by atoms with van der Waals surface area (Å²) in [7, 11) is 0. The van der Waals surface area contributed by atoms with E-state index in [1.54, 1.807) is 0 Å². The van der Waals surface area contributed by atoms with E-state index in [0.717, 1.165) is 22.1 Å². The number of hydrogen-bond acceptors (Lipinski definition) is 7. The summed E-state index contributed by atoms with van der Waals surface area (Å²) < 4.78 is 28.2. The zero-order chi connectivity index (χ0) is 28.7. The fourth-order valence-corrected chi connectivity index (χ4v) is 5.76.